The number of aryl methyl sites for hydroxylation is 2. The number of hydrogen-bond acceptors (Lipinski definition) is 4. The summed E-state index contributed by atoms with van der Waals surface area (Å²) in [6.45, 7) is 6.09. The molecule has 0 unspecified atom stereocenters. The molecular weight excluding hydrogens is 242 g/mol. The van der Waals surface area contributed by atoms with E-state index in [1.54, 1.807) is 0 Å². The molecule has 5 heteroatoms. The van der Waals surface area contributed by atoms with E-state index in [2.05, 4.69) is 14.9 Å². The van der Waals surface area contributed by atoms with E-state index < -0.39 is 0 Å². The summed E-state index contributed by atoms with van der Waals surface area (Å²) in [5.41, 5.74) is 1.74. The third-order valence-electron chi connectivity index (χ3n) is 3.45. The zero-order chi connectivity index (χ0) is 13.4. The van der Waals surface area contributed by atoms with Gasteiger partial charge in [0.25, 0.3) is 5.56 Å². The van der Waals surface area contributed by atoms with Gasteiger partial charge in [-0.25, -0.2) is 4.98 Å². The lowest BCUT2D eigenvalue weighted by molar-refractivity contribution is 0.220. The van der Waals surface area contributed by atoms with Gasteiger partial charge in [-0.15, -0.1) is 0 Å². The number of aromatic nitrogens is 2. The summed E-state index contributed by atoms with van der Waals surface area (Å²) in [4.78, 5) is 21.3. The van der Waals surface area contributed by atoms with Gasteiger partial charge in [-0.2, -0.15) is 0 Å². The zero-order valence-corrected chi connectivity index (χ0v) is 11.2. The standard InChI is InChI=1S/C14H17N3O2/c1-9-3-4-11(19-9)7-17-6-5-12-13(8-17)15-10(2)16-14(12)18/h3-4H,5-8H2,1-2H3,(H,15,16,18). The van der Waals surface area contributed by atoms with Crippen molar-refractivity contribution in [2.45, 2.75) is 33.4 Å². The summed E-state index contributed by atoms with van der Waals surface area (Å²) in [5.74, 6) is 2.57. The Hall–Kier alpha value is -1.88. The fraction of sp³-hybridized carbons (Fsp3) is 0.429. The number of hydrogen-bond donors (Lipinski definition) is 1. The summed E-state index contributed by atoms with van der Waals surface area (Å²) in [6.07, 6.45) is 0.748. The lowest BCUT2D eigenvalue weighted by atomic mass is 10.1. The minimum absolute atomic E-state index is 0.0102. The minimum atomic E-state index is 0.0102. The normalized spacial score (nSPS) is 15.5. The van der Waals surface area contributed by atoms with Crippen molar-refractivity contribution in [3.63, 3.8) is 0 Å². The second kappa shape index (κ2) is 4.66. The maximum Gasteiger partial charge on any atom is 0.254 e. The molecule has 0 aromatic carbocycles. The fourth-order valence-corrected chi connectivity index (χ4v) is 2.54. The molecule has 0 saturated carbocycles. The fourth-order valence-electron chi connectivity index (χ4n) is 2.54. The predicted octanol–water partition coefficient (Wildman–Crippen LogP) is 1.54. The van der Waals surface area contributed by atoms with Crippen LogP contribution >= 0.6 is 0 Å². The maximum atomic E-state index is 11.8. The van der Waals surface area contributed by atoms with E-state index in [4.69, 9.17) is 4.42 Å². The lowest BCUT2D eigenvalue weighted by Gasteiger charge is -2.26. The van der Waals surface area contributed by atoms with Gasteiger partial charge < -0.3 is 9.40 Å². The molecule has 1 aliphatic heterocycles. The number of aromatic amines is 1. The number of nitrogens with zero attached hydrogens (tertiary/aromatic N) is 2. The van der Waals surface area contributed by atoms with Gasteiger partial charge in [0.15, 0.2) is 0 Å². The molecule has 0 atom stereocenters. The minimum Gasteiger partial charge on any atom is -0.465 e. The Morgan fingerprint density at radius 2 is 2.26 bits per heavy atom. The molecule has 100 valence electrons. The second-order valence-corrected chi connectivity index (χ2v) is 5.05. The predicted molar refractivity (Wildman–Crippen MR) is 70.9 cm³/mol. The Morgan fingerprint density at radius 3 is 3.00 bits per heavy atom. The average Bonchev–Trinajstić information content (AvgIpc) is 2.74. The SMILES string of the molecule is Cc1nc2c(c(=O)[nH]1)CCN(Cc1ccc(C)o1)C2. The van der Waals surface area contributed by atoms with Crippen molar-refractivity contribution in [1.82, 2.24) is 14.9 Å². The third-order valence-corrected chi connectivity index (χ3v) is 3.45. The smallest absolute Gasteiger partial charge is 0.254 e. The first kappa shape index (κ1) is 12.2. The van der Waals surface area contributed by atoms with E-state index in [-0.39, 0.29) is 5.56 Å². The van der Waals surface area contributed by atoms with Gasteiger partial charge in [-0.1, -0.05) is 0 Å². The van der Waals surface area contributed by atoms with Crippen molar-refractivity contribution >= 4 is 0 Å². The highest BCUT2D eigenvalue weighted by Gasteiger charge is 2.21. The summed E-state index contributed by atoms with van der Waals surface area (Å²) in [6, 6.07) is 3.97. The van der Waals surface area contributed by atoms with Gasteiger partial charge in [0.2, 0.25) is 0 Å². The van der Waals surface area contributed by atoms with Crippen LogP contribution in [0.15, 0.2) is 21.3 Å². The van der Waals surface area contributed by atoms with E-state index in [0.29, 0.717) is 12.4 Å². The van der Waals surface area contributed by atoms with Crippen LogP contribution in [-0.4, -0.2) is 21.4 Å². The van der Waals surface area contributed by atoms with E-state index in [1.807, 2.05) is 26.0 Å². The van der Waals surface area contributed by atoms with Crippen molar-refractivity contribution < 1.29 is 4.42 Å². The summed E-state index contributed by atoms with van der Waals surface area (Å²) >= 11 is 0. The molecule has 0 aliphatic carbocycles. The molecule has 0 amide bonds. The first-order valence-corrected chi connectivity index (χ1v) is 6.48. The lowest BCUT2D eigenvalue weighted by Crippen LogP contribution is -2.35. The molecular formula is C14H17N3O2. The zero-order valence-electron chi connectivity index (χ0n) is 11.2. The maximum absolute atomic E-state index is 11.8. The highest BCUT2D eigenvalue weighted by atomic mass is 16.3. The van der Waals surface area contributed by atoms with Gasteiger partial charge in [0, 0.05) is 18.7 Å². The molecule has 0 bridgehead atoms. The second-order valence-electron chi connectivity index (χ2n) is 5.05. The molecule has 1 N–H and O–H groups in total. The van der Waals surface area contributed by atoms with Gasteiger partial charge in [-0.3, -0.25) is 9.69 Å². The molecule has 5 nitrogen and oxygen atoms in total. The highest BCUT2D eigenvalue weighted by Crippen LogP contribution is 2.17. The molecule has 2 aromatic heterocycles. The summed E-state index contributed by atoms with van der Waals surface area (Å²) in [5, 5.41) is 0. The van der Waals surface area contributed by atoms with Gasteiger partial charge >= 0.3 is 0 Å². The highest BCUT2D eigenvalue weighted by molar-refractivity contribution is 5.21. The Balaban J connectivity index is 1.80. The molecule has 0 fully saturated rings. The van der Waals surface area contributed by atoms with E-state index in [9.17, 15) is 4.79 Å². The monoisotopic (exact) mass is 259 g/mol. The molecule has 19 heavy (non-hydrogen) atoms. The van der Waals surface area contributed by atoms with Crippen LogP contribution in [-0.2, 0) is 19.5 Å². The molecule has 2 aromatic rings. The number of rotatable bonds is 2. The molecule has 0 radical (unpaired) electrons. The van der Waals surface area contributed by atoms with Crippen LogP contribution < -0.4 is 5.56 Å². The summed E-state index contributed by atoms with van der Waals surface area (Å²) in [7, 11) is 0. The van der Waals surface area contributed by atoms with Crippen LogP contribution in [0.3, 0.4) is 0 Å². The van der Waals surface area contributed by atoms with E-state index in [0.717, 1.165) is 42.3 Å². The number of furan rings is 1. The molecule has 0 saturated heterocycles. The number of nitrogens with one attached hydrogen (secondary N) is 1. The van der Waals surface area contributed by atoms with Crippen molar-refractivity contribution in [2.24, 2.45) is 0 Å². The third kappa shape index (κ3) is 2.46. The average molecular weight is 259 g/mol. The topological polar surface area (TPSA) is 62.1 Å². The number of H-pyrrole nitrogens is 1. The van der Waals surface area contributed by atoms with Crippen LogP contribution in [0.4, 0.5) is 0 Å². The van der Waals surface area contributed by atoms with Crippen molar-refractivity contribution in [3.8, 4) is 0 Å². The first-order valence-electron chi connectivity index (χ1n) is 6.48. The van der Waals surface area contributed by atoms with Crippen LogP contribution in [0, 0.1) is 13.8 Å². The molecule has 0 spiro atoms. The Kier molecular flexibility index (Phi) is 2.98. The molecule has 3 rings (SSSR count). The van der Waals surface area contributed by atoms with Gasteiger partial charge in [-0.05, 0) is 32.4 Å². The van der Waals surface area contributed by atoms with Crippen molar-refractivity contribution in [1.29, 1.82) is 0 Å². The molecule has 1 aliphatic rings. The Bertz CT molecular complexity index is 657. The van der Waals surface area contributed by atoms with E-state index >= 15 is 0 Å². The van der Waals surface area contributed by atoms with E-state index in [1.165, 1.54) is 0 Å². The quantitative estimate of drug-likeness (QED) is 0.888. The van der Waals surface area contributed by atoms with Crippen LogP contribution in [0.2, 0.25) is 0 Å². The molecule has 3 heterocycles. The van der Waals surface area contributed by atoms with Gasteiger partial charge in [0.05, 0.1) is 12.2 Å². The van der Waals surface area contributed by atoms with Crippen LogP contribution in [0.5, 0.6) is 0 Å². The van der Waals surface area contributed by atoms with Crippen LogP contribution in [0.1, 0.15) is 28.6 Å². The van der Waals surface area contributed by atoms with Crippen molar-refractivity contribution in [3.05, 3.63) is 51.1 Å². The van der Waals surface area contributed by atoms with Crippen molar-refractivity contribution in [2.75, 3.05) is 6.54 Å². The van der Waals surface area contributed by atoms with Crippen LogP contribution in [0.25, 0.3) is 0 Å². The first-order chi connectivity index (χ1) is 9.11. The Labute approximate surface area is 111 Å². The Morgan fingerprint density at radius 1 is 1.42 bits per heavy atom. The largest absolute Gasteiger partial charge is 0.465 e. The summed E-state index contributed by atoms with van der Waals surface area (Å²) < 4.78 is 5.59. The number of fused-ring (bicyclic) bond motifs is 1. The van der Waals surface area contributed by atoms with Gasteiger partial charge in [0.1, 0.15) is 17.3 Å².